The van der Waals surface area contributed by atoms with Gasteiger partial charge in [0.25, 0.3) is 0 Å². The van der Waals surface area contributed by atoms with Crippen molar-refractivity contribution in [3.8, 4) is 0 Å². The minimum Gasteiger partial charge on any atom is -0.373 e. The molecular formula is C19H32I2O3Si. The minimum absolute atomic E-state index is 0.723. The van der Waals surface area contributed by atoms with Crippen LogP contribution in [0.15, 0.2) is 18.2 Å². The topological polar surface area (TPSA) is 27.7 Å². The molecule has 144 valence electrons. The van der Waals surface area contributed by atoms with Crippen molar-refractivity contribution in [3.05, 3.63) is 30.9 Å². The molecule has 0 spiro atoms. The van der Waals surface area contributed by atoms with Gasteiger partial charge in [0.15, 0.2) is 0 Å². The molecule has 0 N–H and O–H groups in total. The summed E-state index contributed by atoms with van der Waals surface area (Å²) in [5, 5.41) is 0. The zero-order valence-corrected chi connectivity index (χ0v) is 21.1. The Kier molecular flexibility index (Phi) is 13.2. The van der Waals surface area contributed by atoms with Gasteiger partial charge in [-0.25, -0.2) is 0 Å². The summed E-state index contributed by atoms with van der Waals surface area (Å²) in [6.45, 7) is 8.73. The van der Waals surface area contributed by atoms with Crippen LogP contribution in [0.4, 0.5) is 0 Å². The molecule has 1 aromatic carbocycles. The SMILES string of the molecule is CCCCO[Si](Cc1c(I)cccc1I)(OCCCC)OCCCC. The van der Waals surface area contributed by atoms with Crippen LogP contribution >= 0.6 is 45.2 Å². The molecule has 1 rings (SSSR count). The summed E-state index contributed by atoms with van der Waals surface area (Å²) in [4.78, 5) is 0. The van der Waals surface area contributed by atoms with Gasteiger partial charge in [0.1, 0.15) is 0 Å². The first-order valence-electron chi connectivity index (χ1n) is 9.43. The van der Waals surface area contributed by atoms with E-state index in [1.807, 2.05) is 0 Å². The quantitative estimate of drug-likeness (QED) is 0.143. The van der Waals surface area contributed by atoms with Gasteiger partial charge in [-0.15, -0.1) is 0 Å². The van der Waals surface area contributed by atoms with E-state index in [1.165, 1.54) is 12.7 Å². The van der Waals surface area contributed by atoms with Gasteiger partial charge in [0, 0.05) is 33.0 Å². The molecule has 1 aromatic rings. The van der Waals surface area contributed by atoms with Gasteiger partial charge in [-0.05, 0) is 82.1 Å². The monoisotopic (exact) mass is 590 g/mol. The second kappa shape index (κ2) is 13.9. The Morgan fingerprint density at radius 3 is 1.52 bits per heavy atom. The standard InChI is InChI=1S/C19H32I2O3Si/c1-4-7-13-22-25(23-14-8-5-2,24-15-9-6-3)16-17-18(20)11-10-12-19(17)21/h10-12H,4-9,13-16H2,1-3H3. The average molecular weight is 590 g/mol. The Bertz CT molecular complexity index is 439. The summed E-state index contributed by atoms with van der Waals surface area (Å²) in [5.74, 6) is 0. The largest absolute Gasteiger partial charge is 0.505 e. The lowest BCUT2D eigenvalue weighted by molar-refractivity contribution is 0.0553. The Hall–Kier alpha value is 0.777. The zero-order chi connectivity index (χ0) is 18.5. The Balaban J connectivity index is 3.00. The zero-order valence-electron chi connectivity index (χ0n) is 15.8. The van der Waals surface area contributed by atoms with Crippen LogP contribution in [0.5, 0.6) is 0 Å². The van der Waals surface area contributed by atoms with Crippen LogP contribution in [-0.2, 0) is 19.3 Å². The first-order valence-corrected chi connectivity index (χ1v) is 13.5. The molecule has 0 unspecified atom stereocenters. The van der Waals surface area contributed by atoms with Gasteiger partial charge in [-0.1, -0.05) is 46.1 Å². The van der Waals surface area contributed by atoms with Crippen LogP contribution in [0, 0.1) is 7.14 Å². The molecule has 0 saturated heterocycles. The Morgan fingerprint density at radius 1 is 0.760 bits per heavy atom. The number of benzene rings is 1. The molecule has 0 bridgehead atoms. The molecule has 0 aliphatic heterocycles. The smallest absolute Gasteiger partial charge is 0.373 e. The van der Waals surface area contributed by atoms with Gasteiger partial charge < -0.3 is 13.3 Å². The van der Waals surface area contributed by atoms with Gasteiger partial charge >= 0.3 is 8.80 Å². The van der Waals surface area contributed by atoms with Crippen LogP contribution < -0.4 is 0 Å². The summed E-state index contributed by atoms with van der Waals surface area (Å²) in [5.41, 5.74) is 1.31. The van der Waals surface area contributed by atoms with E-state index < -0.39 is 8.80 Å². The lowest BCUT2D eigenvalue weighted by atomic mass is 10.2. The van der Waals surface area contributed by atoms with Crippen LogP contribution in [0.1, 0.15) is 64.9 Å². The number of unbranched alkanes of at least 4 members (excludes halogenated alkanes) is 3. The van der Waals surface area contributed by atoms with Crippen molar-refractivity contribution in [3.63, 3.8) is 0 Å². The fraction of sp³-hybridized carbons (Fsp3) is 0.684. The lowest BCUT2D eigenvalue weighted by Crippen LogP contribution is -2.49. The van der Waals surface area contributed by atoms with E-state index in [0.717, 1.165) is 64.4 Å². The van der Waals surface area contributed by atoms with Crippen molar-refractivity contribution in [1.29, 1.82) is 0 Å². The maximum atomic E-state index is 6.37. The third kappa shape index (κ3) is 9.01. The number of rotatable bonds is 14. The van der Waals surface area contributed by atoms with E-state index in [2.05, 4.69) is 84.2 Å². The number of hydrogen-bond acceptors (Lipinski definition) is 3. The van der Waals surface area contributed by atoms with Gasteiger partial charge in [-0.2, -0.15) is 0 Å². The molecule has 0 fully saturated rings. The van der Waals surface area contributed by atoms with Crippen LogP contribution in [0.25, 0.3) is 0 Å². The molecule has 0 saturated carbocycles. The summed E-state index contributed by atoms with van der Waals surface area (Å²) in [6.07, 6.45) is 6.50. The van der Waals surface area contributed by atoms with E-state index in [0.29, 0.717) is 0 Å². The number of hydrogen-bond donors (Lipinski definition) is 0. The third-order valence-electron chi connectivity index (χ3n) is 3.91. The maximum absolute atomic E-state index is 6.37. The van der Waals surface area contributed by atoms with E-state index in [1.54, 1.807) is 0 Å². The van der Waals surface area contributed by atoms with Crippen molar-refractivity contribution >= 4 is 54.0 Å². The molecule has 0 amide bonds. The number of halogens is 2. The molecular weight excluding hydrogens is 558 g/mol. The highest BCUT2D eigenvalue weighted by molar-refractivity contribution is 14.1. The Labute approximate surface area is 182 Å². The third-order valence-corrected chi connectivity index (χ3v) is 8.65. The average Bonchev–Trinajstić information content (AvgIpc) is 2.59. The van der Waals surface area contributed by atoms with Crippen molar-refractivity contribution in [2.24, 2.45) is 0 Å². The van der Waals surface area contributed by atoms with E-state index in [9.17, 15) is 0 Å². The highest BCUT2D eigenvalue weighted by atomic mass is 127. The first-order chi connectivity index (χ1) is 12.1. The molecule has 0 aromatic heterocycles. The first kappa shape index (κ1) is 23.8. The maximum Gasteiger partial charge on any atom is 0.505 e. The second-order valence-electron chi connectivity index (χ2n) is 6.17. The second-order valence-corrected chi connectivity index (χ2v) is 11.1. The van der Waals surface area contributed by atoms with Crippen LogP contribution in [-0.4, -0.2) is 28.6 Å². The van der Waals surface area contributed by atoms with E-state index in [-0.39, 0.29) is 0 Å². The summed E-state index contributed by atoms with van der Waals surface area (Å²) in [6, 6.07) is 7.17. The van der Waals surface area contributed by atoms with Crippen molar-refractivity contribution < 1.29 is 13.3 Å². The summed E-state index contributed by atoms with van der Waals surface area (Å²) < 4.78 is 21.6. The molecule has 0 aliphatic rings. The highest BCUT2D eigenvalue weighted by Crippen LogP contribution is 2.26. The Morgan fingerprint density at radius 2 is 1.16 bits per heavy atom. The summed E-state index contributed by atoms with van der Waals surface area (Å²) in [7, 11) is -2.72. The molecule has 25 heavy (non-hydrogen) atoms. The van der Waals surface area contributed by atoms with Crippen LogP contribution in [0.2, 0.25) is 0 Å². The fourth-order valence-electron chi connectivity index (χ4n) is 2.31. The van der Waals surface area contributed by atoms with Crippen LogP contribution in [0.3, 0.4) is 0 Å². The van der Waals surface area contributed by atoms with Crippen molar-refractivity contribution in [1.82, 2.24) is 0 Å². The molecule has 0 atom stereocenters. The normalized spacial score (nSPS) is 11.9. The van der Waals surface area contributed by atoms with Crippen molar-refractivity contribution in [2.75, 3.05) is 19.8 Å². The van der Waals surface area contributed by atoms with Gasteiger partial charge in [-0.3, -0.25) is 0 Å². The predicted molar refractivity (Wildman–Crippen MR) is 124 cm³/mol. The molecule has 6 heteroatoms. The minimum atomic E-state index is -2.72. The van der Waals surface area contributed by atoms with Gasteiger partial charge in [0.2, 0.25) is 0 Å². The van der Waals surface area contributed by atoms with E-state index in [4.69, 9.17) is 13.3 Å². The predicted octanol–water partition coefficient (Wildman–Crippen LogP) is 6.37. The van der Waals surface area contributed by atoms with Crippen molar-refractivity contribution in [2.45, 2.75) is 65.3 Å². The molecule has 3 nitrogen and oxygen atoms in total. The van der Waals surface area contributed by atoms with E-state index >= 15 is 0 Å². The highest BCUT2D eigenvalue weighted by Gasteiger charge is 2.42. The molecule has 0 radical (unpaired) electrons. The molecule has 0 heterocycles. The van der Waals surface area contributed by atoms with Gasteiger partial charge in [0.05, 0.1) is 0 Å². The molecule has 0 aliphatic carbocycles. The lowest BCUT2D eigenvalue weighted by Gasteiger charge is -2.30. The fourth-order valence-corrected chi connectivity index (χ4v) is 7.66. The summed E-state index contributed by atoms with van der Waals surface area (Å²) >= 11 is 4.82.